The minimum absolute atomic E-state index is 0.0498. The minimum Gasteiger partial charge on any atom is -0.286 e. The Morgan fingerprint density at radius 2 is 1.06 bits per heavy atom. The molecule has 0 fully saturated rings. The Labute approximate surface area is 94.5 Å². The molecule has 0 unspecified atom stereocenters. The van der Waals surface area contributed by atoms with Crippen LogP contribution in [0.4, 0.5) is 0 Å². The summed E-state index contributed by atoms with van der Waals surface area (Å²) in [7, 11) is -8.01. The first-order valence-corrected chi connectivity index (χ1v) is 7.28. The average molecular weight is 266 g/mol. The van der Waals surface area contributed by atoms with Gasteiger partial charge >= 0.3 is 0 Å². The van der Waals surface area contributed by atoms with Gasteiger partial charge in [0.1, 0.15) is 0 Å². The van der Waals surface area contributed by atoms with E-state index in [2.05, 4.69) is 23.7 Å². The van der Waals surface area contributed by atoms with Crippen molar-refractivity contribution in [1.82, 2.24) is 0 Å². The van der Waals surface area contributed by atoms with E-state index in [9.17, 15) is 16.8 Å². The summed E-state index contributed by atoms with van der Waals surface area (Å²) in [5.41, 5.74) is 0. The van der Waals surface area contributed by atoms with E-state index in [1.54, 1.807) is 0 Å². The van der Waals surface area contributed by atoms with Crippen molar-refractivity contribution in [3.8, 4) is 23.7 Å². The molecule has 0 spiro atoms. The number of hydrogen-bond acceptors (Lipinski definition) is 4. The van der Waals surface area contributed by atoms with Crippen LogP contribution in [0.3, 0.4) is 0 Å². The fraction of sp³-hybridized carbons (Fsp3) is 0.500. The third kappa shape index (κ3) is 12.9. The van der Waals surface area contributed by atoms with Crippen molar-refractivity contribution >= 4 is 20.2 Å². The number of rotatable bonds is 4. The van der Waals surface area contributed by atoms with E-state index in [0.29, 0.717) is 0 Å². The molecule has 0 radical (unpaired) electrons. The Morgan fingerprint density at radius 1 is 0.750 bits per heavy atom. The molecule has 0 aliphatic carbocycles. The third-order valence-corrected chi connectivity index (χ3v) is 2.65. The quantitative estimate of drug-likeness (QED) is 0.527. The SMILES string of the molecule is O=S(=O)(O)CCC#CC#CCCS(=O)(=O)O. The van der Waals surface area contributed by atoms with Gasteiger partial charge in [0.25, 0.3) is 20.2 Å². The van der Waals surface area contributed by atoms with E-state index in [4.69, 9.17) is 9.11 Å². The van der Waals surface area contributed by atoms with Crippen LogP contribution in [-0.4, -0.2) is 37.4 Å². The van der Waals surface area contributed by atoms with Crippen molar-refractivity contribution in [3.63, 3.8) is 0 Å². The summed E-state index contributed by atoms with van der Waals surface area (Å²) in [6.45, 7) is 0. The second-order valence-corrected chi connectivity index (χ2v) is 5.82. The van der Waals surface area contributed by atoms with E-state index in [1.165, 1.54) is 0 Å². The smallest absolute Gasteiger partial charge is 0.265 e. The lowest BCUT2D eigenvalue weighted by atomic mass is 10.4. The van der Waals surface area contributed by atoms with Crippen LogP contribution < -0.4 is 0 Å². The molecule has 16 heavy (non-hydrogen) atoms. The van der Waals surface area contributed by atoms with Gasteiger partial charge in [0, 0.05) is 12.8 Å². The lowest BCUT2D eigenvalue weighted by Gasteiger charge is -1.87. The summed E-state index contributed by atoms with van der Waals surface area (Å²) in [6, 6.07) is 0. The fourth-order valence-electron chi connectivity index (χ4n) is 0.573. The molecule has 0 aromatic heterocycles. The molecule has 0 aliphatic rings. The Hall–Kier alpha value is -1.06. The van der Waals surface area contributed by atoms with E-state index in [1.807, 2.05) is 0 Å². The van der Waals surface area contributed by atoms with Gasteiger partial charge in [-0.3, -0.25) is 9.11 Å². The topological polar surface area (TPSA) is 109 Å². The Morgan fingerprint density at radius 3 is 1.31 bits per heavy atom. The van der Waals surface area contributed by atoms with Crippen molar-refractivity contribution in [2.24, 2.45) is 0 Å². The standard InChI is InChI=1S/C8H10O6S2/c9-15(10,11)7-5-3-1-2-4-6-8-16(12,13)14/h5-8H2,(H,9,10,11)(H,12,13,14). The van der Waals surface area contributed by atoms with Crippen molar-refractivity contribution in [2.75, 3.05) is 11.5 Å². The molecular weight excluding hydrogens is 256 g/mol. The van der Waals surface area contributed by atoms with E-state index >= 15 is 0 Å². The Kier molecular flexibility index (Phi) is 6.08. The highest BCUT2D eigenvalue weighted by Crippen LogP contribution is 1.86. The predicted molar refractivity (Wildman–Crippen MR) is 57.6 cm³/mol. The van der Waals surface area contributed by atoms with Gasteiger partial charge in [-0.1, -0.05) is 11.8 Å². The average Bonchev–Trinajstić information content (AvgIpc) is 2.06. The molecule has 0 heterocycles. The summed E-state index contributed by atoms with van der Waals surface area (Å²) in [6.07, 6.45) is -0.0996. The molecule has 0 saturated carbocycles. The van der Waals surface area contributed by atoms with Crippen LogP contribution in [0.25, 0.3) is 0 Å². The highest BCUT2D eigenvalue weighted by Gasteiger charge is 2.01. The van der Waals surface area contributed by atoms with Gasteiger partial charge in [-0.05, 0) is 11.8 Å². The molecule has 0 aliphatic heterocycles. The summed E-state index contributed by atoms with van der Waals surface area (Å²) in [4.78, 5) is 0. The van der Waals surface area contributed by atoms with Crippen LogP contribution in [-0.2, 0) is 20.2 Å². The van der Waals surface area contributed by atoms with Crippen molar-refractivity contribution < 1.29 is 25.9 Å². The Balaban J connectivity index is 3.90. The molecule has 8 heteroatoms. The summed E-state index contributed by atoms with van der Waals surface area (Å²) < 4.78 is 57.6. The molecule has 0 rings (SSSR count). The predicted octanol–water partition coefficient (Wildman–Crippen LogP) is -0.451. The molecule has 0 saturated heterocycles. The van der Waals surface area contributed by atoms with Crippen LogP contribution in [0.1, 0.15) is 12.8 Å². The normalized spacial score (nSPS) is 10.9. The first kappa shape index (κ1) is 14.9. The first-order valence-electron chi connectivity index (χ1n) is 4.07. The van der Waals surface area contributed by atoms with Crippen LogP contribution in [0, 0.1) is 23.7 Å². The molecule has 0 bridgehead atoms. The molecule has 90 valence electrons. The molecule has 0 aromatic carbocycles. The van der Waals surface area contributed by atoms with Gasteiger partial charge in [-0.2, -0.15) is 16.8 Å². The second-order valence-electron chi connectivity index (χ2n) is 2.68. The molecule has 2 N–H and O–H groups in total. The zero-order valence-corrected chi connectivity index (χ0v) is 9.81. The van der Waals surface area contributed by atoms with E-state index in [0.717, 1.165) is 0 Å². The van der Waals surface area contributed by atoms with Crippen LogP contribution >= 0.6 is 0 Å². The lowest BCUT2D eigenvalue weighted by Crippen LogP contribution is -2.02. The van der Waals surface area contributed by atoms with Crippen molar-refractivity contribution in [1.29, 1.82) is 0 Å². The highest BCUT2D eigenvalue weighted by atomic mass is 32.2. The van der Waals surface area contributed by atoms with Gasteiger partial charge < -0.3 is 0 Å². The van der Waals surface area contributed by atoms with E-state index < -0.39 is 31.7 Å². The molecule has 0 aromatic rings. The monoisotopic (exact) mass is 266 g/mol. The van der Waals surface area contributed by atoms with Gasteiger partial charge in [-0.15, -0.1) is 0 Å². The zero-order valence-electron chi connectivity index (χ0n) is 8.17. The third-order valence-electron chi connectivity index (χ3n) is 1.21. The summed E-state index contributed by atoms with van der Waals surface area (Å²) in [5, 5.41) is 0. The Bertz CT molecular complexity index is 483. The van der Waals surface area contributed by atoms with E-state index in [-0.39, 0.29) is 12.8 Å². The lowest BCUT2D eigenvalue weighted by molar-refractivity contribution is 0.481. The van der Waals surface area contributed by atoms with Gasteiger partial charge in [0.05, 0.1) is 11.5 Å². The molecule has 0 amide bonds. The van der Waals surface area contributed by atoms with Crippen molar-refractivity contribution in [3.05, 3.63) is 0 Å². The summed E-state index contributed by atoms with van der Waals surface area (Å²) >= 11 is 0. The minimum atomic E-state index is -4.00. The van der Waals surface area contributed by atoms with Gasteiger partial charge in [-0.25, -0.2) is 0 Å². The van der Waals surface area contributed by atoms with Crippen LogP contribution in [0.2, 0.25) is 0 Å². The maximum atomic E-state index is 10.2. The number of hydrogen-bond donors (Lipinski definition) is 2. The van der Waals surface area contributed by atoms with Gasteiger partial charge in [0.15, 0.2) is 0 Å². The first-order chi connectivity index (χ1) is 7.21. The molecule has 6 nitrogen and oxygen atoms in total. The second kappa shape index (κ2) is 6.51. The maximum Gasteiger partial charge on any atom is 0.265 e. The molecule has 0 atom stereocenters. The fourth-order valence-corrected chi connectivity index (χ4v) is 1.29. The van der Waals surface area contributed by atoms with Crippen molar-refractivity contribution in [2.45, 2.75) is 12.8 Å². The van der Waals surface area contributed by atoms with Gasteiger partial charge in [0.2, 0.25) is 0 Å². The van der Waals surface area contributed by atoms with Crippen LogP contribution in [0.5, 0.6) is 0 Å². The zero-order chi connectivity index (χ0) is 12.7. The summed E-state index contributed by atoms with van der Waals surface area (Å²) in [5.74, 6) is 8.36. The maximum absolute atomic E-state index is 10.2. The molecular formula is C8H10O6S2. The van der Waals surface area contributed by atoms with Crippen LogP contribution in [0.15, 0.2) is 0 Å². The highest BCUT2D eigenvalue weighted by molar-refractivity contribution is 7.86. The largest absolute Gasteiger partial charge is 0.286 e.